The molecule has 5 nitrogen and oxygen atoms in total. The van der Waals surface area contributed by atoms with Crippen molar-refractivity contribution in [3.63, 3.8) is 0 Å². The molecule has 0 spiro atoms. The zero-order chi connectivity index (χ0) is 30.1. The minimum atomic E-state index is -0.725. The molecule has 0 aliphatic heterocycles. The van der Waals surface area contributed by atoms with Crippen molar-refractivity contribution in [1.29, 1.82) is 0 Å². The molecule has 6 rings (SSSR count). The van der Waals surface area contributed by atoms with Gasteiger partial charge in [-0.15, -0.1) is 11.8 Å². The van der Waals surface area contributed by atoms with Crippen molar-refractivity contribution in [2.24, 2.45) is 11.5 Å². The minimum absolute atomic E-state index is 0.0879. The highest BCUT2D eigenvalue weighted by Gasteiger charge is 2.36. The second kappa shape index (κ2) is 13.9. The van der Waals surface area contributed by atoms with Crippen LogP contribution in [0.4, 0.5) is 4.79 Å². The third-order valence-corrected chi connectivity index (χ3v) is 9.11. The predicted molar refractivity (Wildman–Crippen MR) is 175 cm³/mol. The van der Waals surface area contributed by atoms with Crippen LogP contribution < -0.4 is 11.5 Å². The van der Waals surface area contributed by atoms with Crippen LogP contribution in [0, 0.1) is 0 Å². The SMILES string of the molecule is NC(=O)CCSC(c1ccccc1)(c1ccccc1)c1ccccc1.NC(=O)OCC1c2ccccc2-c2ccccc21. The molecule has 1 aliphatic rings. The van der Waals surface area contributed by atoms with E-state index >= 15 is 0 Å². The van der Waals surface area contributed by atoms with Gasteiger partial charge < -0.3 is 16.2 Å². The molecule has 5 aromatic rings. The van der Waals surface area contributed by atoms with Crippen molar-refractivity contribution in [3.05, 3.63) is 167 Å². The molecule has 0 aromatic heterocycles. The van der Waals surface area contributed by atoms with Crippen LogP contribution in [0.2, 0.25) is 0 Å². The van der Waals surface area contributed by atoms with E-state index < -0.39 is 6.09 Å². The second-order valence-corrected chi connectivity index (χ2v) is 11.5. The first-order chi connectivity index (χ1) is 21.0. The van der Waals surface area contributed by atoms with E-state index in [-0.39, 0.29) is 16.6 Å². The summed E-state index contributed by atoms with van der Waals surface area (Å²) in [6.07, 6.45) is -0.365. The van der Waals surface area contributed by atoms with Gasteiger partial charge in [-0.1, -0.05) is 140 Å². The first kappa shape index (κ1) is 29.7. The van der Waals surface area contributed by atoms with Gasteiger partial charge in [-0.05, 0) is 38.9 Å². The maximum atomic E-state index is 11.3. The van der Waals surface area contributed by atoms with E-state index in [1.54, 1.807) is 11.8 Å². The molecule has 2 amide bonds. The van der Waals surface area contributed by atoms with E-state index in [9.17, 15) is 9.59 Å². The molecule has 0 saturated heterocycles. The fourth-order valence-electron chi connectivity index (χ4n) is 5.68. The normalized spacial score (nSPS) is 11.9. The summed E-state index contributed by atoms with van der Waals surface area (Å²) in [4.78, 5) is 22.1. The average Bonchev–Trinajstić information content (AvgIpc) is 3.37. The fraction of sp³-hybridized carbons (Fsp3) is 0.135. The number of rotatable bonds is 9. The van der Waals surface area contributed by atoms with Crippen molar-refractivity contribution >= 4 is 23.8 Å². The lowest BCUT2D eigenvalue weighted by Gasteiger charge is -2.35. The Hall–Kier alpha value is -4.81. The summed E-state index contributed by atoms with van der Waals surface area (Å²) in [5, 5.41) is 0. The van der Waals surface area contributed by atoms with E-state index in [0.717, 1.165) is 0 Å². The van der Waals surface area contributed by atoms with Crippen LogP contribution in [0.1, 0.15) is 40.2 Å². The van der Waals surface area contributed by atoms with Crippen molar-refractivity contribution in [3.8, 4) is 11.1 Å². The van der Waals surface area contributed by atoms with Crippen molar-refractivity contribution in [1.82, 2.24) is 0 Å². The number of nitrogens with two attached hydrogens (primary N) is 2. The molecule has 6 heteroatoms. The summed E-state index contributed by atoms with van der Waals surface area (Å²) in [6.45, 7) is 0.295. The molecular weight excluding hydrogens is 552 g/mol. The van der Waals surface area contributed by atoms with Gasteiger partial charge in [0.05, 0.1) is 4.75 Å². The van der Waals surface area contributed by atoms with E-state index in [2.05, 4.69) is 97.1 Å². The largest absolute Gasteiger partial charge is 0.449 e. The number of thioether (sulfide) groups is 1. The molecule has 43 heavy (non-hydrogen) atoms. The number of carbonyl (C=O) groups is 2. The van der Waals surface area contributed by atoms with Crippen LogP contribution in [0.5, 0.6) is 0 Å². The van der Waals surface area contributed by atoms with Gasteiger partial charge in [0.15, 0.2) is 0 Å². The summed E-state index contributed by atoms with van der Waals surface area (Å²) in [7, 11) is 0. The molecule has 4 N–H and O–H groups in total. The quantitative estimate of drug-likeness (QED) is 0.175. The molecule has 0 saturated carbocycles. The molecular formula is C37H34N2O3S. The van der Waals surface area contributed by atoms with Crippen molar-refractivity contribution in [2.75, 3.05) is 12.4 Å². The zero-order valence-electron chi connectivity index (χ0n) is 23.8. The summed E-state index contributed by atoms with van der Waals surface area (Å²) < 4.78 is 4.60. The lowest BCUT2D eigenvalue weighted by molar-refractivity contribution is -0.117. The smallest absolute Gasteiger partial charge is 0.404 e. The molecule has 0 radical (unpaired) electrons. The highest BCUT2D eigenvalue weighted by molar-refractivity contribution is 8.00. The van der Waals surface area contributed by atoms with Crippen LogP contribution in [0.25, 0.3) is 11.1 Å². The highest BCUT2D eigenvalue weighted by Crippen LogP contribution is 2.48. The molecule has 1 aliphatic carbocycles. The van der Waals surface area contributed by atoms with Gasteiger partial charge in [0.1, 0.15) is 6.61 Å². The van der Waals surface area contributed by atoms with E-state index in [0.29, 0.717) is 18.8 Å². The Morgan fingerprint density at radius 1 is 0.605 bits per heavy atom. The number of hydrogen-bond donors (Lipinski definition) is 2. The monoisotopic (exact) mass is 586 g/mol. The van der Waals surface area contributed by atoms with Crippen molar-refractivity contribution < 1.29 is 14.3 Å². The van der Waals surface area contributed by atoms with Gasteiger partial charge in [0, 0.05) is 18.1 Å². The average molecular weight is 587 g/mol. The number of carbonyl (C=O) groups excluding carboxylic acids is 2. The van der Waals surface area contributed by atoms with Gasteiger partial charge in [-0.2, -0.15) is 0 Å². The van der Waals surface area contributed by atoms with Crippen LogP contribution >= 0.6 is 11.8 Å². The fourth-order valence-corrected chi connectivity index (χ4v) is 7.20. The maximum Gasteiger partial charge on any atom is 0.404 e. The summed E-state index contributed by atoms with van der Waals surface area (Å²) in [5.74, 6) is 0.481. The number of fused-ring (bicyclic) bond motifs is 3. The number of hydrogen-bond acceptors (Lipinski definition) is 4. The Kier molecular flexibility index (Phi) is 9.59. The number of amides is 2. The third kappa shape index (κ3) is 6.65. The summed E-state index contributed by atoms with van der Waals surface area (Å²) in [6, 6.07) is 47.7. The van der Waals surface area contributed by atoms with E-state index in [1.165, 1.54) is 38.9 Å². The van der Waals surface area contributed by atoms with Crippen molar-refractivity contribution in [2.45, 2.75) is 17.1 Å². The topological polar surface area (TPSA) is 95.4 Å². The van der Waals surface area contributed by atoms with Crippen LogP contribution in [-0.2, 0) is 14.3 Å². The van der Waals surface area contributed by atoms with Gasteiger partial charge in [-0.25, -0.2) is 4.79 Å². The first-order valence-corrected chi connectivity index (χ1v) is 15.2. The molecule has 0 fully saturated rings. The molecule has 216 valence electrons. The number of primary amides is 2. The molecule has 5 aromatic carbocycles. The summed E-state index contributed by atoms with van der Waals surface area (Å²) in [5.41, 5.74) is 18.8. The molecule has 0 heterocycles. The van der Waals surface area contributed by atoms with Crippen LogP contribution in [0.3, 0.4) is 0 Å². The Balaban J connectivity index is 0.000000180. The lowest BCUT2D eigenvalue weighted by Crippen LogP contribution is -2.26. The number of ether oxygens (including phenoxy) is 1. The Labute approximate surface area is 256 Å². The maximum absolute atomic E-state index is 11.3. The standard InChI is InChI=1S/C22H21NOS.C15H13NO2/c23-21(24)16-17-25-22(18-10-4-1-5-11-18,19-12-6-2-7-13-19)20-14-8-3-9-15-20;16-15(17)18-9-14-12-7-3-1-5-10(12)11-6-2-4-8-13(11)14/h1-15H,16-17H2,(H2,23,24);1-8,14H,9H2,(H2,16,17). The van der Waals surface area contributed by atoms with Gasteiger partial charge in [0.2, 0.25) is 5.91 Å². The minimum Gasteiger partial charge on any atom is -0.449 e. The Bertz CT molecular complexity index is 1520. The molecule has 0 unspecified atom stereocenters. The molecule has 0 bridgehead atoms. The Morgan fingerprint density at radius 3 is 1.40 bits per heavy atom. The van der Waals surface area contributed by atoms with Crippen LogP contribution in [-0.4, -0.2) is 24.4 Å². The summed E-state index contributed by atoms with van der Waals surface area (Å²) >= 11 is 1.76. The first-order valence-electron chi connectivity index (χ1n) is 14.2. The molecule has 0 atom stereocenters. The van der Waals surface area contributed by atoms with Gasteiger partial charge in [-0.3, -0.25) is 4.79 Å². The van der Waals surface area contributed by atoms with Gasteiger partial charge >= 0.3 is 6.09 Å². The van der Waals surface area contributed by atoms with E-state index in [4.69, 9.17) is 16.2 Å². The lowest BCUT2D eigenvalue weighted by atomic mass is 9.84. The third-order valence-electron chi connectivity index (χ3n) is 7.56. The number of benzene rings is 5. The van der Waals surface area contributed by atoms with E-state index in [1.807, 2.05) is 42.5 Å². The zero-order valence-corrected chi connectivity index (χ0v) is 24.6. The van der Waals surface area contributed by atoms with Crippen LogP contribution in [0.15, 0.2) is 140 Å². The second-order valence-electron chi connectivity index (χ2n) is 10.2. The van der Waals surface area contributed by atoms with Gasteiger partial charge in [0.25, 0.3) is 0 Å². The predicted octanol–water partition coefficient (Wildman–Crippen LogP) is 7.48. The highest BCUT2D eigenvalue weighted by atomic mass is 32.2. The Morgan fingerprint density at radius 2 is 1.00 bits per heavy atom.